The summed E-state index contributed by atoms with van der Waals surface area (Å²) in [4.78, 5) is 12.6. The fourth-order valence-electron chi connectivity index (χ4n) is 3.09. The van der Waals surface area contributed by atoms with Gasteiger partial charge in [-0.3, -0.25) is 4.79 Å². The van der Waals surface area contributed by atoms with Crippen LogP contribution in [0.5, 0.6) is 0 Å². The smallest absolute Gasteiger partial charge is 0.191 e. The van der Waals surface area contributed by atoms with E-state index in [0.717, 1.165) is 31.2 Å². The second-order valence-corrected chi connectivity index (χ2v) is 5.66. The van der Waals surface area contributed by atoms with Crippen LogP contribution in [0.25, 0.3) is 0 Å². The zero-order valence-corrected chi connectivity index (χ0v) is 12.3. The van der Waals surface area contributed by atoms with Gasteiger partial charge in [-0.05, 0) is 56.4 Å². The number of halogens is 1. The van der Waals surface area contributed by atoms with Gasteiger partial charge in [0.2, 0.25) is 0 Å². The molecular weight excluding hydrogens is 255 g/mol. The minimum atomic E-state index is -0.415. The Bertz CT molecular complexity index is 444. The van der Waals surface area contributed by atoms with Gasteiger partial charge >= 0.3 is 0 Å². The molecule has 1 saturated carbocycles. The molecule has 110 valence electrons. The lowest BCUT2D eigenvalue weighted by molar-refractivity contribution is 0.0126. The molecule has 1 atom stereocenters. The number of hydrogen-bond acceptors (Lipinski definition) is 2. The van der Waals surface area contributed by atoms with E-state index in [1.54, 1.807) is 13.0 Å². The highest BCUT2D eigenvalue weighted by Gasteiger charge is 2.30. The molecular formula is C17H23FO2. The van der Waals surface area contributed by atoms with Gasteiger partial charge in [0.1, 0.15) is 11.9 Å². The maximum atomic E-state index is 13.5. The first-order chi connectivity index (χ1) is 9.61. The summed E-state index contributed by atoms with van der Waals surface area (Å²) in [7, 11) is 0. The molecule has 2 rings (SSSR count). The molecule has 0 amide bonds. The Kier molecular flexibility index (Phi) is 5.30. The number of hydrogen-bond donors (Lipinski definition) is 0. The third-order valence-electron chi connectivity index (χ3n) is 4.01. The van der Waals surface area contributed by atoms with Crippen molar-refractivity contribution < 1.29 is 13.9 Å². The van der Waals surface area contributed by atoms with Gasteiger partial charge in [0, 0.05) is 12.2 Å². The van der Waals surface area contributed by atoms with Gasteiger partial charge in [-0.1, -0.05) is 19.3 Å². The number of Topliss-reactive ketones (excluding diaryl/α,β-unsaturated/α-hetero) is 1. The Morgan fingerprint density at radius 2 is 2.00 bits per heavy atom. The van der Waals surface area contributed by atoms with Crippen molar-refractivity contribution in [2.45, 2.75) is 52.1 Å². The molecule has 1 aliphatic carbocycles. The van der Waals surface area contributed by atoms with E-state index in [4.69, 9.17) is 4.74 Å². The Balaban J connectivity index is 2.20. The van der Waals surface area contributed by atoms with Crippen LogP contribution in [0, 0.1) is 18.7 Å². The summed E-state index contributed by atoms with van der Waals surface area (Å²) in [6, 6.07) is 4.51. The van der Waals surface area contributed by atoms with Crippen LogP contribution in [0.2, 0.25) is 0 Å². The van der Waals surface area contributed by atoms with Crippen molar-refractivity contribution in [3.05, 3.63) is 35.1 Å². The molecule has 1 aliphatic rings. The average molecular weight is 278 g/mol. The molecule has 20 heavy (non-hydrogen) atoms. The fraction of sp³-hybridized carbons (Fsp3) is 0.588. The zero-order valence-electron chi connectivity index (χ0n) is 12.3. The molecule has 0 radical (unpaired) electrons. The lowest BCUT2D eigenvalue weighted by Crippen LogP contribution is -2.34. The molecule has 0 N–H and O–H groups in total. The van der Waals surface area contributed by atoms with Gasteiger partial charge in [0.05, 0.1) is 0 Å². The first kappa shape index (κ1) is 15.2. The summed E-state index contributed by atoms with van der Waals surface area (Å²) >= 11 is 0. The van der Waals surface area contributed by atoms with Crippen LogP contribution >= 0.6 is 0 Å². The zero-order chi connectivity index (χ0) is 14.5. The monoisotopic (exact) mass is 278 g/mol. The standard InChI is InChI=1S/C17H23FO2/c1-3-20-17(13-7-5-4-6-8-13)16(19)14-9-12(2)10-15(18)11-14/h9-11,13,17H,3-8H2,1-2H3. The molecule has 1 unspecified atom stereocenters. The van der Waals surface area contributed by atoms with Crippen LogP contribution in [-0.2, 0) is 4.74 Å². The van der Waals surface area contributed by atoms with Crippen LogP contribution in [0.1, 0.15) is 54.9 Å². The van der Waals surface area contributed by atoms with Gasteiger partial charge < -0.3 is 4.74 Å². The highest BCUT2D eigenvalue weighted by Crippen LogP contribution is 2.30. The van der Waals surface area contributed by atoms with E-state index >= 15 is 0 Å². The molecule has 0 bridgehead atoms. The van der Waals surface area contributed by atoms with Crippen molar-refractivity contribution >= 4 is 5.78 Å². The van der Waals surface area contributed by atoms with Crippen molar-refractivity contribution in [3.63, 3.8) is 0 Å². The summed E-state index contributed by atoms with van der Waals surface area (Å²) < 4.78 is 19.2. The fourth-order valence-corrected chi connectivity index (χ4v) is 3.09. The van der Waals surface area contributed by atoms with Crippen LogP contribution < -0.4 is 0 Å². The molecule has 0 spiro atoms. The van der Waals surface area contributed by atoms with Crippen LogP contribution in [0.15, 0.2) is 18.2 Å². The molecule has 0 aliphatic heterocycles. The largest absolute Gasteiger partial charge is 0.370 e. The maximum Gasteiger partial charge on any atom is 0.191 e. The number of ether oxygens (including phenoxy) is 1. The maximum absolute atomic E-state index is 13.5. The summed E-state index contributed by atoms with van der Waals surface area (Å²) in [6.45, 7) is 4.22. The Morgan fingerprint density at radius 3 is 2.60 bits per heavy atom. The van der Waals surface area contributed by atoms with Crippen LogP contribution in [0.3, 0.4) is 0 Å². The van der Waals surface area contributed by atoms with E-state index in [2.05, 4.69) is 0 Å². The second-order valence-electron chi connectivity index (χ2n) is 5.66. The number of carbonyl (C=O) groups is 1. The van der Waals surface area contributed by atoms with Gasteiger partial charge in [-0.25, -0.2) is 4.39 Å². The molecule has 1 aromatic carbocycles. The molecule has 0 aromatic heterocycles. The molecule has 0 heterocycles. The average Bonchev–Trinajstić information content (AvgIpc) is 2.44. The van der Waals surface area contributed by atoms with E-state index in [9.17, 15) is 9.18 Å². The number of aryl methyl sites for hydroxylation is 1. The molecule has 2 nitrogen and oxygen atoms in total. The van der Waals surface area contributed by atoms with Gasteiger partial charge in [-0.2, -0.15) is 0 Å². The van der Waals surface area contributed by atoms with Gasteiger partial charge in [0.25, 0.3) is 0 Å². The highest BCUT2D eigenvalue weighted by molar-refractivity contribution is 5.99. The summed E-state index contributed by atoms with van der Waals surface area (Å²) in [6.07, 6.45) is 5.20. The van der Waals surface area contributed by atoms with Crippen molar-refractivity contribution in [1.29, 1.82) is 0 Å². The Hall–Kier alpha value is -1.22. The quantitative estimate of drug-likeness (QED) is 0.750. The third-order valence-corrected chi connectivity index (χ3v) is 4.01. The minimum absolute atomic E-state index is 0.0682. The lowest BCUT2D eigenvalue weighted by Gasteiger charge is -2.29. The Labute approximate surface area is 120 Å². The first-order valence-electron chi connectivity index (χ1n) is 7.55. The SMILES string of the molecule is CCOC(C(=O)c1cc(C)cc(F)c1)C1CCCCC1. The van der Waals surface area contributed by atoms with Crippen molar-refractivity contribution in [2.75, 3.05) is 6.61 Å². The predicted octanol–water partition coefficient (Wildman–Crippen LogP) is 4.30. The Morgan fingerprint density at radius 1 is 1.30 bits per heavy atom. The van der Waals surface area contributed by atoms with Gasteiger partial charge in [-0.15, -0.1) is 0 Å². The van der Waals surface area contributed by atoms with Crippen molar-refractivity contribution in [1.82, 2.24) is 0 Å². The minimum Gasteiger partial charge on any atom is -0.370 e. The van der Waals surface area contributed by atoms with E-state index in [1.165, 1.54) is 18.6 Å². The van der Waals surface area contributed by atoms with E-state index in [-0.39, 0.29) is 17.5 Å². The number of ketones is 1. The van der Waals surface area contributed by atoms with Crippen molar-refractivity contribution in [3.8, 4) is 0 Å². The van der Waals surface area contributed by atoms with Crippen LogP contribution in [0.4, 0.5) is 4.39 Å². The number of carbonyl (C=O) groups excluding carboxylic acids is 1. The number of rotatable bonds is 5. The van der Waals surface area contributed by atoms with E-state index in [1.807, 2.05) is 6.92 Å². The van der Waals surface area contributed by atoms with Gasteiger partial charge in [0.15, 0.2) is 5.78 Å². The summed E-state index contributed by atoms with van der Waals surface area (Å²) in [5.74, 6) is -0.145. The normalized spacial score (nSPS) is 17.9. The molecule has 3 heteroatoms. The predicted molar refractivity (Wildman–Crippen MR) is 77.5 cm³/mol. The second kappa shape index (κ2) is 6.98. The summed E-state index contributed by atoms with van der Waals surface area (Å²) in [5.41, 5.74) is 1.21. The topological polar surface area (TPSA) is 26.3 Å². The molecule has 0 saturated heterocycles. The van der Waals surface area contributed by atoms with E-state index < -0.39 is 6.10 Å². The third kappa shape index (κ3) is 3.66. The van der Waals surface area contributed by atoms with Crippen molar-refractivity contribution in [2.24, 2.45) is 5.92 Å². The molecule has 1 fully saturated rings. The van der Waals surface area contributed by atoms with E-state index in [0.29, 0.717) is 12.2 Å². The first-order valence-corrected chi connectivity index (χ1v) is 7.55. The lowest BCUT2D eigenvalue weighted by atomic mass is 9.82. The summed E-state index contributed by atoms with van der Waals surface area (Å²) in [5, 5.41) is 0. The molecule has 1 aromatic rings. The van der Waals surface area contributed by atoms with Crippen LogP contribution in [-0.4, -0.2) is 18.5 Å². The highest BCUT2D eigenvalue weighted by atomic mass is 19.1. The number of benzene rings is 1.